The SMILES string of the molecule is CCNCC(CC1CCC(C)(C)O1)C(C)(C)C. The lowest BCUT2D eigenvalue weighted by atomic mass is 9.77. The molecular weight excluding hydrogens is 210 g/mol. The summed E-state index contributed by atoms with van der Waals surface area (Å²) in [7, 11) is 0. The van der Waals surface area contributed by atoms with Crippen LogP contribution in [0.3, 0.4) is 0 Å². The van der Waals surface area contributed by atoms with Crippen LogP contribution in [-0.2, 0) is 4.74 Å². The molecule has 2 nitrogen and oxygen atoms in total. The van der Waals surface area contributed by atoms with Crippen molar-refractivity contribution in [2.24, 2.45) is 11.3 Å². The molecule has 1 fully saturated rings. The van der Waals surface area contributed by atoms with E-state index in [4.69, 9.17) is 4.74 Å². The van der Waals surface area contributed by atoms with Crippen LogP contribution in [0.4, 0.5) is 0 Å². The fourth-order valence-corrected chi connectivity index (χ4v) is 2.62. The Hall–Kier alpha value is -0.0800. The van der Waals surface area contributed by atoms with E-state index >= 15 is 0 Å². The first-order valence-electron chi connectivity index (χ1n) is 7.13. The minimum atomic E-state index is 0.102. The van der Waals surface area contributed by atoms with E-state index in [-0.39, 0.29) is 5.60 Å². The van der Waals surface area contributed by atoms with Gasteiger partial charge in [-0.2, -0.15) is 0 Å². The van der Waals surface area contributed by atoms with Gasteiger partial charge in [-0.15, -0.1) is 0 Å². The van der Waals surface area contributed by atoms with Gasteiger partial charge in [0.25, 0.3) is 0 Å². The van der Waals surface area contributed by atoms with Crippen molar-refractivity contribution in [2.45, 2.75) is 72.5 Å². The second-order valence-corrected chi connectivity index (χ2v) is 7.14. The van der Waals surface area contributed by atoms with Crippen molar-refractivity contribution in [3.05, 3.63) is 0 Å². The normalized spacial score (nSPS) is 26.1. The molecule has 0 radical (unpaired) electrons. The van der Waals surface area contributed by atoms with Crippen molar-refractivity contribution in [3.8, 4) is 0 Å². The van der Waals surface area contributed by atoms with Crippen molar-refractivity contribution in [2.75, 3.05) is 13.1 Å². The maximum atomic E-state index is 6.13. The Bertz CT molecular complexity index is 230. The second-order valence-electron chi connectivity index (χ2n) is 7.14. The molecule has 1 saturated heterocycles. The molecule has 0 aliphatic carbocycles. The van der Waals surface area contributed by atoms with E-state index in [2.05, 4.69) is 46.9 Å². The Labute approximate surface area is 108 Å². The summed E-state index contributed by atoms with van der Waals surface area (Å²) >= 11 is 0. The van der Waals surface area contributed by atoms with Gasteiger partial charge in [0.2, 0.25) is 0 Å². The van der Waals surface area contributed by atoms with Crippen LogP contribution in [0.1, 0.15) is 60.8 Å². The van der Waals surface area contributed by atoms with Crippen LogP contribution in [0.15, 0.2) is 0 Å². The molecule has 102 valence electrons. The van der Waals surface area contributed by atoms with E-state index in [1.54, 1.807) is 0 Å². The number of nitrogens with one attached hydrogen (secondary N) is 1. The van der Waals surface area contributed by atoms with Crippen LogP contribution in [0, 0.1) is 11.3 Å². The quantitative estimate of drug-likeness (QED) is 0.794. The van der Waals surface area contributed by atoms with Gasteiger partial charge in [-0.3, -0.25) is 0 Å². The maximum Gasteiger partial charge on any atom is 0.0631 e. The maximum absolute atomic E-state index is 6.13. The van der Waals surface area contributed by atoms with Crippen LogP contribution in [0.5, 0.6) is 0 Å². The van der Waals surface area contributed by atoms with Gasteiger partial charge in [-0.1, -0.05) is 27.7 Å². The van der Waals surface area contributed by atoms with Crippen molar-refractivity contribution in [3.63, 3.8) is 0 Å². The highest BCUT2D eigenvalue weighted by atomic mass is 16.5. The van der Waals surface area contributed by atoms with Crippen molar-refractivity contribution in [1.82, 2.24) is 5.32 Å². The van der Waals surface area contributed by atoms with Crippen LogP contribution in [0.25, 0.3) is 0 Å². The summed E-state index contributed by atoms with van der Waals surface area (Å²) in [4.78, 5) is 0. The first-order chi connectivity index (χ1) is 7.74. The molecule has 2 unspecified atom stereocenters. The molecule has 1 rings (SSSR count). The lowest BCUT2D eigenvalue weighted by Crippen LogP contribution is -2.35. The zero-order valence-electron chi connectivity index (χ0n) is 12.6. The molecule has 1 aliphatic heterocycles. The van der Waals surface area contributed by atoms with E-state index in [0.717, 1.165) is 13.1 Å². The Morgan fingerprint density at radius 3 is 2.41 bits per heavy atom. The fraction of sp³-hybridized carbons (Fsp3) is 1.00. The van der Waals surface area contributed by atoms with E-state index in [1.807, 2.05) is 0 Å². The monoisotopic (exact) mass is 241 g/mol. The summed E-state index contributed by atoms with van der Waals surface area (Å²) in [6.07, 6.45) is 4.09. The Balaban J connectivity index is 2.49. The van der Waals surface area contributed by atoms with Gasteiger partial charge in [0.1, 0.15) is 0 Å². The third-order valence-electron chi connectivity index (χ3n) is 3.97. The summed E-state index contributed by atoms with van der Waals surface area (Å²) in [6, 6.07) is 0. The fourth-order valence-electron chi connectivity index (χ4n) is 2.62. The molecule has 17 heavy (non-hydrogen) atoms. The van der Waals surface area contributed by atoms with Gasteiger partial charge in [0.05, 0.1) is 11.7 Å². The van der Waals surface area contributed by atoms with E-state index < -0.39 is 0 Å². The Kier molecular flexibility index (Phi) is 5.03. The standard InChI is InChI=1S/C15H31NO/c1-7-16-11-12(14(2,3)4)10-13-8-9-15(5,6)17-13/h12-13,16H,7-11H2,1-6H3. The van der Waals surface area contributed by atoms with Gasteiger partial charge >= 0.3 is 0 Å². The Morgan fingerprint density at radius 2 is 2.00 bits per heavy atom. The number of rotatable bonds is 5. The summed E-state index contributed by atoms with van der Waals surface area (Å²) in [6.45, 7) is 15.8. The molecule has 2 atom stereocenters. The van der Waals surface area contributed by atoms with E-state index in [9.17, 15) is 0 Å². The number of hydrogen-bond acceptors (Lipinski definition) is 2. The van der Waals surface area contributed by atoms with Crippen LogP contribution in [-0.4, -0.2) is 24.8 Å². The van der Waals surface area contributed by atoms with Gasteiger partial charge in [-0.25, -0.2) is 0 Å². The number of ether oxygens (including phenoxy) is 1. The second kappa shape index (κ2) is 5.71. The average Bonchev–Trinajstić information content (AvgIpc) is 2.51. The molecule has 1 heterocycles. The summed E-state index contributed by atoms with van der Waals surface area (Å²) < 4.78 is 6.13. The van der Waals surface area contributed by atoms with E-state index in [1.165, 1.54) is 19.3 Å². The van der Waals surface area contributed by atoms with Gasteiger partial charge < -0.3 is 10.1 Å². The molecule has 0 bridgehead atoms. The lowest BCUT2D eigenvalue weighted by molar-refractivity contribution is -0.0315. The topological polar surface area (TPSA) is 21.3 Å². The van der Waals surface area contributed by atoms with Crippen molar-refractivity contribution >= 4 is 0 Å². The van der Waals surface area contributed by atoms with Crippen molar-refractivity contribution < 1.29 is 4.74 Å². The predicted octanol–water partition coefficient (Wildman–Crippen LogP) is 3.61. The third-order valence-corrected chi connectivity index (χ3v) is 3.97. The highest BCUT2D eigenvalue weighted by Gasteiger charge is 2.35. The molecule has 1 aliphatic rings. The molecule has 0 amide bonds. The molecule has 0 aromatic carbocycles. The summed E-state index contributed by atoms with van der Waals surface area (Å²) in [5.74, 6) is 0.696. The Morgan fingerprint density at radius 1 is 1.35 bits per heavy atom. The lowest BCUT2D eigenvalue weighted by Gasteiger charge is -2.33. The van der Waals surface area contributed by atoms with Crippen LogP contribution < -0.4 is 5.32 Å². The molecule has 0 aromatic rings. The summed E-state index contributed by atoms with van der Waals surface area (Å²) in [5.41, 5.74) is 0.462. The van der Waals surface area contributed by atoms with Crippen LogP contribution >= 0.6 is 0 Å². The molecule has 0 saturated carbocycles. The highest BCUT2D eigenvalue weighted by Crippen LogP contribution is 2.37. The molecule has 0 aromatic heterocycles. The first kappa shape index (κ1) is 15.0. The van der Waals surface area contributed by atoms with E-state index in [0.29, 0.717) is 17.4 Å². The molecular formula is C15H31NO. The molecule has 0 spiro atoms. The minimum absolute atomic E-state index is 0.102. The molecule has 1 N–H and O–H groups in total. The average molecular weight is 241 g/mol. The number of hydrogen-bond donors (Lipinski definition) is 1. The van der Waals surface area contributed by atoms with Crippen LogP contribution in [0.2, 0.25) is 0 Å². The van der Waals surface area contributed by atoms with Gasteiger partial charge in [0, 0.05) is 0 Å². The van der Waals surface area contributed by atoms with Crippen molar-refractivity contribution in [1.29, 1.82) is 0 Å². The predicted molar refractivity (Wildman–Crippen MR) is 74.3 cm³/mol. The zero-order valence-corrected chi connectivity index (χ0v) is 12.6. The van der Waals surface area contributed by atoms with Gasteiger partial charge in [-0.05, 0) is 57.5 Å². The zero-order chi connectivity index (χ0) is 13.1. The third kappa shape index (κ3) is 4.97. The molecule has 2 heteroatoms. The summed E-state index contributed by atoms with van der Waals surface area (Å²) in [5, 5.41) is 3.49. The highest BCUT2D eigenvalue weighted by molar-refractivity contribution is 4.85. The largest absolute Gasteiger partial charge is 0.372 e. The first-order valence-corrected chi connectivity index (χ1v) is 7.13. The smallest absolute Gasteiger partial charge is 0.0631 e. The van der Waals surface area contributed by atoms with Gasteiger partial charge in [0.15, 0.2) is 0 Å². The minimum Gasteiger partial charge on any atom is -0.372 e.